The van der Waals surface area contributed by atoms with Crippen molar-refractivity contribution in [2.24, 2.45) is 17.6 Å². The molecular formula is C22H32N2O3. The largest absolute Gasteiger partial charge is 0.427 e. The van der Waals surface area contributed by atoms with Gasteiger partial charge in [0.2, 0.25) is 0 Å². The summed E-state index contributed by atoms with van der Waals surface area (Å²) in [6, 6.07) is 6.71. The maximum atomic E-state index is 12.3. The van der Waals surface area contributed by atoms with Crippen molar-refractivity contribution in [3.8, 4) is 5.75 Å². The fourth-order valence-corrected chi connectivity index (χ4v) is 3.18. The first-order valence-electron chi connectivity index (χ1n) is 9.95. The summed E-state index contributed by atoms with van der Waals surface area (Å²) in [6.45, 7) is 4.90. The predicted octanol–water partition coefficient (Wildman–Crippen LogP) is 3.83. The summed E-state index contributed by atoms with van der Waals surface area (Å²) in [5.74, 6) is 0.775. The summed E-state index contributed by atoms with van der Waals surface area (Å²) >= 11 is 0. The summed E-state index contributed by atoms with van der Waals surface area (Å²) in [5, 5.41) is 2.89. The highest BCUT2D eigenvalue weighted by molar-refractivity contribution is 5.94. The van der Waals surface area contributed by atoms with E-state index in [1.54, 1.807) is 24.3 Å². The van der Waals surface area contributed by atoms with Gasteiger partial charge in [-0.2, -0.15) is 0 Å². The summed E-state index contributed by atoms with van der Waals surface area (Å²) in [7, 11) is 0. The lowest BCUT2D eigenvalue weighted by atomic mass is 9.87. The molecule has 0 unspecified atom stereocenters. The molecule has 0 saturated carbocycles. The summed E-state index contributed by atoms with van der Waals surface area (Å²) in [5.41, 5.74) is 6.78. The zero-order valence-electron chi connectivity index (χ0n) is 16.4. The van der Waals surface area contributed by atoms with E-state index < -0.39 is 0 Å². The van der Waals surface area contributed by atoms with Gasteiger partial charge in [-0.05, 0) is 68.2 Å². The van der Waals surface area contributed by atoms with Crippen LogP contribution in [0.3, 0.4) is 0 Å². The van der Waals surface area contributed by atoms with E-state index in [9.17, 15) is 9.59 Å². The van der Waals surface area contributed by atoms with Crippen LogP contribution in [0.4, 0.5) is 0 Å². The molecule has 2 rings (SSSR count). The van der Waals surface area contributed by atoms with Gasteiger partial charge in [0, 0.05) is 18.2 Å². The number of ether oxygens (including phenoxy) is 1. The van der Waals surface area contributed by atoms with Crippen molar-refractivity contribution < 1.29 is 14.3 Å². The Morgan fingerprint density at radius 2 is 1.81 bits per heavy atom. The maximum absolute atomic E-state index is 12.3. The zero-order valence-corrected chi connectivity index (χ0v) is 16.4. The second kappa shape index (κ2) is 10.9. The van der Waals surface area contributed by atoms with Gasteiger partial charge in [-0.15, -0.1) is 0 Å². The van der Waals surface area contributed by atoms with Crippen LogP contribution >= 0.6 is 0 Å². The molecule has 2 atom stereocenters. The van der Waals surface area contributed by atoms with Crippen LogP contribution in [-0.2, 0) is 4.79 Å². The van der Waals surface area contributed by atoms with Crippen LogP contribution < -0.4 is 15.8 Å². The van der Waals surface area contributed by atoms with Crippen LogP contribution in [0.5, 0.6) is 5.75 Å². The molecule has 0 aromatic heterocycles. The van der Waals surface area contributed by atoms with Gasteiger partial charge in [0.25, 0.3) is 5.91 Å². The van der Waals surface area contributed by atoms with E-state index in [1.807, 2.05) is 0 Å². The Morgan fingerprint density at radius 3 is 2.48 bits per heavy atom. The number of esters is 1. The Hall–Kier alpha value is -2.14. The number of hydrogen-bond donors (Lipinski definition) is 2. The molecule has 5 heteroatoms. The maximum Gasteiger partial charge on any atom is 0.311 e. The number of amides is 1. The Labute approximate surface area is 162 Å². The number of nitrogens with two attached hydrogens (primary N) is 1. The fraction of sp³-hybridized carbons (Fsp3) is 0.545. The second-order valence-electron chi connectivity index (χ2n) is 7.69. The summed E-state index contributed by atoms with van der Waals surface area (Å²) in [6.07, 6.45) is 9.31. The molecule has 1 amide bonds. The first-order valence-corrected chi connectivity index (χ1v) is 9.95. The molecular weight excluding hydrogens is 340 g/mol. The van der Waals surface area contributed by atoms with Gasteiger partial charge >= 0.3 is 5.97 Å². The number of nitrogens with one attached hydrogen (secondary N) is 1. The van der Waals surface area contributed by atoms with Gasteiger partial charge in [-0.1, -0.05) is 26.0 Å². The van der Waals surface area contributed by atoms with Gasteiger partial charge in [0.1, 0.15) is 5.75 Å². The zero-order chi connectivity index (χ0) is 19.6. The summed E-state index contributed by atoms with van der Waals surface area (Å²) in [4.78, 5) is 24.4. The molecule has 0 aliphatic heterocycles. The highest BCUT2D eigenvalue weighted by atomic mass is 16.5. The molecule has 0 radical (unpaired) electrons. The quantitative estimate of drug-likeness (QED) is 0.433. The van der Waals surface area contributed by atoms with Gasteiger partial charge < -0.3 is 15.8 Å². The number of carbonyl (C=O) groups is 2. The minimum Gasteiger partial charge on any atom is -0.427 e. The number of benzene rings is 1. The second-order valence-corrected chi connectivity index (χ2v) is 7.69. The van der Waals surface area contributed by atoms with Crippen molar-refractivity contribution in [1.29, 1.82) is 0 Å². The molecule has 1 aliphatic rings. The Balaban J connectivity index is 1.83. The minimum absolute atomic E-state index is 0.0272. The van der Waals surface area contributed by atoms with Crippen molar-refractivity contribution >= 4 is 11.9 Å². The predicted molar refractivity (Wildman–Crippen MR) is 108 cm³/mol. The smallest absolute Gasteiger partial charge is 0.311 e. The molecule has 0 fully saturated rings. The van der Waals surface area contributed by atoms with E-state index in [2.05, 4.69) is 31.3 Å². The van der Waals surface area contributed by atoms with Gasteiger partial charge in [-0.3, -0.25) is 9.59 Å². The Morgan fingerprint density at radius 1 is 1.15 bits per heavy atom. The van der Waals surface area contributed by atoms with Crippen LogP contribution in [0.2, 0.25) is 0 Å². The van der Waals surface area contributed by atoms with Crippen LogP contribution in [0.25, 0.3) is 0 Å². The Bertz CT molecular complexity index is 637. The first-order chi connectivity index (χ1) is 13.0. The highest BCUT2D eigenvalue weighted by Crippen LogP contribution is 2.22. The molecule has 27 heavy (non-hydrogen) atoms. The number of rotatable bonds is 7. The Kier molecular flexibility index (Phi) is 8.52. The molecule has 1 aromatic carbocycles. The van der Waals surface area contributed by atoms with Crippen LogP contribution in [0.15, 0.2) is 36.4 Å². The van der Waals surface area contributed by atoms with Crippen molar-refractivity contribution in [3.63, 3.8) is 0 Å². The lowest BCUT2D eigenvalue weighted by molar-refractivity contribution is -0.135. The third-order valence-corrected chi connectivity index (χ3v) is 4.93. The van der Waals surface area contributed by atoms with Crippen molar-refractivity contribution in [3.05, 3.63) is 42.0 Å². The number of hydrogen-bond acceptors (Lipinski definition) is 4. The molecule has 0 spiro atoms. The van der Waals surface area contributed by atoms with Gasteiger partial charge in [-0.25, -0.2) is 0 Å². The van der Waals surface area contributed by atoms with E-state index in [0.717, 1.165) is 32.1 Å². The molecule has 148 valence electrons. The number of allylic oxidation sites excluding steroid dienone is 2. The SMILES string of the molecule is CC(C)CCNC(=O)c1ccc(OC(=O)C[C@@H]2CC/C=C/CC[C@@H]2N)cc1. The molecule has 5 nitrogen and oxygen atoms in total. The highest BCUT2D eigenvalue weighted by Gasteiger charge is 2.22. The third kappa shape index (κ3) is 7.55. The average Bonchev–Trinajstić information content (AvgIpc) is 2.61. The van der Waals surface area contributed by atoms with E-state index in [-0.39, 0.29) is 23.8 Å². The van der Waals surface area contributed by atoms with Crippen LogP contribution in [0.1, 0.15) is 62.7 Å². The molecule has 1 aromatic rings. The molecule has 0 saturated heterocycles. The van der Waals surface area contributed by atoms with Crippen molar-refractivity contribution in [1.82, 2.24) is 5.32 Å². The van der Waals surface area contributed by atoms with Crippen LogP contribution in [0, 0.1) is 11.8 Å². The molecule has 0 heterocycles. The molecule has 3 N–H and O–H groups in total. The first kappa shape index (κ1) is 21.2. The van der Waals surface area contributed by atoms with Crippen molar-refractivity contribution in [2.75, 3.05) is 6.54 Å². The van der Waals surface area contributed by atoms with E-state index >= 15 is 0 Å². The lowest BCUT2D eigenvalue weighted by Crippen LogP contribution is -2.33. The minimum atomic E-state index is -0.269. The van der Waals surface area contributed by atoms with E-state index in [1.165, 1.54) is 0 Å². The van der Waals surface area contributed by atoms with Gasteiger partial charge in [0.05, 0.1) is 6.42 Å². The van der Waals surface area contributed by atoms with Crippen molar-refractivity contribution in [2.45, 2.75) is 58.4 Å². The monoisotopic (exact) mass is 372 g/mol. The fourth-order valence-electron chi connectivity index (χ4n) is 3.18. The van der Waals surface area contributed by atoms with E-state index in [0.29, 0.717) is 30.2 Å². The lowest BCUT2D eigenvalue weighted by Gasteiger charge is -2.23. The average molecular weight is 373 g/mol. The normalized spacial score (nSPS) is 21.2. The van der Waals surface area contributed by atoms with Crippen LogP contribution in [-0.4, -0.2) is 24.5 Å². The summed E-state index contributed by atoms with van der Waals surface area (Å²) < 4.78 is 5.44. The molecule has 0 bridgehead atoms. The third-order valence-electron chi connectivity index (χ3n) is 4.93. The van der Waals surface area contributed by atoms with Gasteiger partial charge in [0.15, 0.2) is 0 Å². The number of carbonyl (C=O) groups excluding carboxylic acids is 2. The van der Waals surface area contributed by atoms with E-state index in [4.69, 9.17) is 10.5 Å². The topological polar surface area (TPSA) is 81.4 Å². The standard InChI is InChI=1S/C22H32N2O3/c1-16(2)13-14-24-22(26)17-9-11-19(12-10-17)27-21(25)15-18-7-5-3-4-6-8-20(18)23/h3-4,9-12,16,18,20H,5-8,13-15,23H2,1-2H3,(H,24,26)/b4-3+/t18-,20-/m0/s1. The molecule has 1 aliphatic carbocycles.